The van der Waals surface area contributed by atoms with Crippen LogP contribution in [0.15, 0.2) is 58.1 Å². The number of sulfone groups is 1. The van der Waals surface area contributed by atoms with Crippen LogP contribution in [0.2, 0.25) is 0 Å². The number of nitrogens with one attached hydrogen (secondary N) is 1. The van der Waals surface area contributed by atoms with Gasteiger partial charge < -0.3 is 4.42 Å². The first kappa shape index (κ1) is 16.8. The van der Waals surface area contributed by atoms with Crippen LogP contribution in [0.4, 0.5) is 6.01 Å². The maximum atomic E-state index is 12.0. The SMILES string of the molecule is CS(=O)(=O)c1ccc(CC(=O)Nc2nnc(-c3ccncc3)o2)cc1. The predicted molar refractivity (Wildman–Crippen MR) is 89.4 cm³/mol. The zero-order valence-corrected chi connectivity index (χ0v) is 14.0. The molecule has 128 valence electrons. The van der Waals surface area contributed by atoms with Gasteiger partial charge in [0.15, 0.2) is 9.84 Å². The van der Waals surface area contributed by atoms with Gasteiger partial charge in [-0.15, -0.1) is 5.10 Å². The highest BCUT2D eigenvalue weighted by atomic mass is 32.2. The minimum atomic E-state index is -3.26. The van der Waals surface area contributed by atoms with Crippen LogP contribution in [0.5, 0.6) is 0 Å². The number of amides is 1. The molecule has 0 fully saturated rings. The molecule has 0 spiro atoms. The van der Waals surface area contributed by atoms with Crippen LogP contribution in [0.25, 0.3) is 11.5 Å². The second kappa shape index (κ2) is 6.81. The Morgan fingerprint density at radius 2 is 1.76 bits per heavy atom. The number of nitrogens with zero attached hydrogens (tertiary/aromatic N) is 3. The number of anilines is 1. The van der Waals surface area contributed by atoms with E-state index in [0.29, 0.717) is 11.1 Å². The van der Waals surface area contributed by atoms with Gasteiger partial charge >= 0.3 is 6.01 Å². The zero-order chi connectivity index (χ0) is 17.9. The lowest BCUT2D eigenvalue weighted by atomic mass is 10.1. The molecule has 1 aromatic carbocycles. The van der Waals surface area contributed by atoms with Gasteiger partial charge in [-0.25, -0.2) is 8.42 Å². The molecule has 0 bridgehead atoms. The van der Waals surface area contributed by atoms with Crippen LogP contribution < -0.4 is 5.32 Å². The largest absolute Gasteiger partial charge is 0.403 e. The fraction of sp³-hybridized carbons (Fsp3) is 0.125. The van der Waals surface area contributed by atoms with E-state index < -0.39 is 9.84 Å². The summed E-state index contributed by atoms with van der Waals surface area (Å²) in [6.45, 7) is 0. The topological polar surface area (TPSA) is 115 Å². The highest BCUT2D eigenvalue weighted by molar-refractivity contribution is 7.90. The Kier molecular flexibility index (Phi) is 4.57. The third kappa shape index (κ3) is 4.27. The molecule has 0 aliphatic heterocycles. The third-order valence-corrected chi connectivity index (χ3v) is 4.44. The molecule has 0 unspecified atom stereocenters. The van der Waals surface area contributed by atoms with Crippen molar-refractivity contribution in [3.63, 3.8) is 0 Å². The molecular weight excluding hydrogens is 344 g/mol. The van der Waals surface area contributed by atoms with Crippen molar-refractivity contribution >= 4 is 21.8 Å². The number of pyridine rings is 1. The summed E-state index contributed by atoms with van der Waals surface area (Å²) in [6.07, 6.45) is 4.37. The second-order valence-electron chi connectivity index (χ2n) is 5.29. The van der Waals surface area contributed by atoms with Crippen molar-refractivity contribution in [3.05, 3.63) is 54.4 Å². The first-order valence-electron chi connectivity index (χ1n) is 7.24. The van der Waals surface area contributed by atoms with Crippen LogP contribution in [0, 0.1) is 0 Å². The average Bonchev–Trinajstić information content (AvgIpc) is 3.03. The number of aromatic nitrogens is 3. The quantitative estimate of drug-likeness (QED) is 0.738. The van der Waals surface area contributed by atoms with E-state index in [0.717, 1.165) is 6.26 Å². The average molecular weight is 358 g/mol. The fourth-order valence-electron chi connectivity index (χ4n) is 2.09. The smallest absolute Gasteiger partial charge is 0.322 e. The van der Waals surface area contributed by atoms with Crippen LogP contribution in [-0.4, -0.2) is 35.8 Å². The molecule has 3 aromatic rings. The lowest BCUT2D eigenvalue weighted by Gasteiger charge is -2.03. The molecule has 0 aliphatic rings. The van der Waals surface area contributed by atoms with Gasteiger partial charge in [0.1, 0.15) is 0 Å². The van der Waals surface area contributed by atoms with E-state index in [-0.39, 0.29) is 29.1 Å². The summed E-state index contributed by atoms with van der Waals surface area (Å²) in [7, 11) is -3.26. The Hall–Kier alpha value is -3.07. The van der Waals surface area contributed by atoms with Gasteiger partial charge in [0.25, 0.3) is 0 Å². The first-order valence-corrected chi connectivity index (χ1v) is 9.14. The van der Waals surface area contributed by atoms with Gasteiger partial charge in [-0.2, -0.15) is 0 Å². The molecule has 1 amide bonds. The highest BCUT2D eigenvalue weighted by Crippen LogP contribution is 2.18. The molecule has 3 rings (SSSR count). The molecule has 1 N–H and O–H groups in total. The molecule has 25 heavy (non-hydrogen) atoms. The lowest BCUT2D eigenvalue weighted by molar-refractivity contribution is -0.115. The van der Waals surface area contributed by atoms with Crippen molar-refractivity contribution in [1.82, 2.24) is 15.2 Å². The van der Waals surface area contributed by atoms with Crippen LogP contribution in [-0.2, 0) is 21.1 Å². The number of carbonyl (C=O) groups is 1. The Morgan fingerprint density at radius 3 is 2.40 bits per heavy atom. The molecule has 0 aliphatic carbocycles. The van der Waals surface area contributed by atoms with Gasteiger partial charge in [-0.3, -0.25) is 15.1 Å². The van der Waals surface area contributed by atoms with Crippen molar-refractivity contribution in [3.8, 4) is 11.5 Å². The molecule has 0 saturated carbocycles. The summed E-state index contributed by atoms with van der Waals surface area (Å²) in [5, 5.41) is 10.1. The molecule has 2 heterocycles. The highest BCUT2D eigenvalue weighted by Gasteiger charge is 2.12. The summed E-state index contributed by atoms with van der Waals surface area (Å²) in [5.74, 6) is -0.0766. The van der Waals surface area contributed by atoms with Gasteiger partial charge in [0.2, 0.25) is 11.8 Å². The number of carbonyl (C=O) groups excluding carboxylic acids is 1. The summed E-state index contributed by atoms with van der Waals surface area (Å²) < 4.78 is 28.2. The van der Waals surface area contributed by atoms with Crippen molar-refractivity contribution in [1.29, 1.82) is 0 Å². The van der Waals surface area contributed by atoms with Crippen molar-refractivity contribution in [2.45, 2.75) is 11.3 Å². The molecule has 9 heteroatoms. The zero-order valence-electron chi connectivity index (χ0n) is 13.2. The van der Waals surface area contributed by atoms with E-state index in [4.69, 9.17) is 4.42 Å². The summed E-state index contributed by atoms with van der Waals surface area (Å²) in [5.41, 5.74) is 1.36. The van der Waals surface area contributed by atoms with E-state index in [1.54, 1.807) is 36.7 Å². The maximum absolute atomic E-state index is 12.0. The molecular formula is C16H14N4O4S. The first-order chi connectivity index (χ1) is 11.9. The van der Waals surface area contributed by atoms with Crippen LogP contribution in [0.1, 0.15) is 5.56 Å². The minimum Gasteiger partial charge on any atom is -0.403 e. The van der Waals surface area contributed by atoms with Crippen LogP contribution >= 0.6 is 0 Å². The van der Waals surface area contributed by atoms with E-state index in [9.17, 15) is 13.2 Å². The molecule has 2 aromatic heterocycles. The number of benzene rings is 1. The van der Waals surface area contributed by atoms with E-state index in [1.165, 1.54) is 12.1 Å². The standard InChI is InChI=1S/C16H14N4O4S/c1-25(22,23)13-4-2-11(3-5-13)10-14(21)18-16-20-19-15(24-16)12-6-8-17-9-7-12/h2-9H,10H2,1H3,(H,18,20,21). The number of hydrogen-bond donors (Lipinski definition) is 1. The van der Waals surface area contributed by atoms with Gasteiger partial charge in [-0.1, -0.05) is 17.2 Å². The summed E-state index contributed by atoms with van der Waals surface area (Å²) >= 11 is 0. The second-order valence-corrected chi connectivity index (χ2v) is 7.31. The summed E-state index contributed by atoms with van der Waals surface area (Å²) in [4.78, 5) is 16.1. The predicted octanol–water partition coefficient (Wildman–Crippen LogP) is 1.72. The van der Waals surface area contributed by atoms with Gasteiger partial charge in [0, 0.05) is 24.2 Å². The van der Waals surface area contributed by atoms with E-state index in [2.05, 4.69) is 20.5 Å². The number of hydrogen-bond acceptors (Lipinski definition) is 7. The fourth-order valence-corrected chi connectivity index (χ4v) is 2.72. The molecule has 0 atom stereocenters. The number of rotatable bonds is 5. The van der Waals surface area contributed by atoms with E-state index >= 15 is 0 Å². The summed E-state index contributed by atoms with van der Waals surface area (Å²) in [6, 6.07) is 9.52. The molecule has 0 saturated heterocycles. The Labute approximate surface area is 143 Å². The van der Waals surface area contributed by atoms with Crippen molar-refractivity contribution in [2.24, 2.45) is 0 Å². The van der Waals surface area contributed by atoms with Crippen LogP contribution in [0.3, 0.4) is 0 Å². The molecule has 0 radical (unpaired) electrons. The van der Waals surface area contributed by atoms with Gasteiger partial charge in [0.05, 0.1) is 11.3 Å². The van der Waals surface area contributed by atoms with Crippen molar-refractivity contribution < 1.29 is 17.6 Å². The Morgan fingerprint density at radius 1 is 1.08 bits per heavy atom. The Bertz CT molecular complexity index is 982. The van der Waals surface area contributed by atoms with Gasteiger partial charge in [-0.05, 0) is 29.8 Å². The third-order valence-electron chi connectivity index (χ3n) is 3.31. The molecule has 8 nitrogen and oxygen atoms in total. The monoisotopic (exact) mass is 358 g/mol. The Balaban J connectivity index is 1.64. The maximum Gasteiger partial charge on any atom is 0.322 e. The normalized spacial score (nSPS) is 11.2. The van der Waals surface area contributed by atoms with Crippen molar-refractivity contribution in [2.75, 3.05) is 11.6 Å². The minimum absolute atomic E-state index is 0.00966. The van der Waals surface area contributed by atoms with E-state index in [1.807, 2.05) is 0 Å². The lowest BCUT2D eigenvalue weighted by Crippen LogP contribution is -2.14.